The third kappa shape index (κ3) is 4.81. The molecule has 2 aromatic rings. The highest BCUT2D eigenvalue weighted by molar-refractivity contribution is 5.85. The Labute approximate surface area is 131 Å². The number of hydrogen-bond acceptors (Lipinski definition) is 6. The van der Waals surface area contributed by atoms with E-state index in [1.165, 1.54) is 12.3 Å². The van der Waals surface area contributed by atoms with E-state index >= 15 is 0 Å². The molecule has 23 heavy (non-hydrogen) atoms. The van der Waals surface area contributed by atoms with Crippen molar-refractivity contribution in [2.45, 2.75) is 0 Å². The summed E-state index contributed by atoms with van der Waals surface area (Å²) < 4.78 is 0. The molecule has 0 atom stereocenters. The zero-order chi connectivity index (χ0) is 16.7. The Kier molecular flexibility index (Phi) is 5.24. The van der Waals surface area contributed by atoms with Crippen molar-refractivity contribution in [2.75, 3.05) is 11.9 Å². The summed E-state index contributed by atoms with van der Waals surface area (Å²) in [6.45, 7) is 0.0288. The molecule has 2 rings (SSSR count). The maximum Gasteiger partial charge on any atom is 0.262 e. The lowest BCUT2D eigenvalue weighted by molar-refractivity contribution is -0.398. The van der Waals surface area contributed by atoms with E-state index in [9.17, 15) is 20.0 Å². The molecular weight excluding hydrogens is 300 g/mol. The van der Waals surface area contributed by atoms with Gasteiger partial charge in [0.25, 0.3) is 11.6 Å². The second kappa shape index (κ2) is 7.55. The fourth-order valence-electron chi connectivity index (χ4n) is 1.71. The van der Waals surface area contributed by atoms with Crippen LogP contribution in [0, 0.1) is 10.1 Å². The number of carbonyl (C=O) groups is 1. The Morgan fingerprint density at radius 1 is 1.22 bits per heavy atom. The molecule has 0 heterocycles. The van der Waals surface area contributed by atoms with Crippen molar-refractivity contribution in [2.24, 2.45) is 5.10 Å². The molecule has 0 spiro atoms. The van der Waals surface area contributed by atoms with Gasteiger partial charge < -0.3 is 10.4 Å². The van der Waals surface area contributed by atoms with Crippen molar-refractivity contribution in [1.29, 1.82) is 0 Å². The summed E-state index contributed by atoms with van der Waals surface area (Å²) in [5.41, 5.74) is 2.89. The quantitative estimate of drug-likeness (QED) is 0.472. The number of nitro benzene ring substituents is 1. The van der Waals surface area contributed by atoms with Crippen LogP contribution in [0.25, 0.3) is 0 Å². The second-order valence-electron chi connectivity index (χ2n) is 4.50. The first-order chi connectivity index (χ1) is 11.1. The van der Waals surface area contributed by atoms with Gasteiger partial charge >= 0.3 is 0 Å². The first kappa shape index (κ1) is 16.0. The van der Waals surface area contributed by atoms with Crippen LogP contribution in [0.3, 0.4) is 0 Å². The first-order valence-electron chi connectivity index (χ1n) is 6.62. The lowest BCUT2D eigenvalue weighted by Crippen LogP contribution is -2.25. The maximum absolute atomic E-state index is 11.6. The van der Waals surface area contributed by atoms with Gasteiger partial charge in [0.05, 0.1) is 17.7 Å². The summed E-state index contributed by atoms with van der Waals surface area (Å²) in [5, 5.41) is 28.5. The van der Waals surface area contributed by atoms with Crippen LogP contribution in [0.1, 0.15) is 5.56 Å². The number of benzene rings is 2. The predicted octanol–water partition coefficient (Wildman–Crippen LogP) is 1.23. The Hall–Kier alpha value is -3.42. The van der Waals surface area contributed by atoms with Gasteiger partial charge in [-0.15, -0.1) is 0 Å². The Balaban J connectivity index is 1.87. The van der Waals surface area contributed by atoms with Gasteiger partial charge in [0.15, 0.2) is 0 Å². The molecule has 0 aliphatic heterocycles. The van der Waals surface area contributed by atoms with Crippen molar-refractivity contribution in [1.82, 2.24) is 5.43 Å². The van der Waals surface area contributed by atoms with Gasteiger partial charge in [-0.1, -0.05) is 30.3 Å². The molecule has 8 heteroatoms. The Bertz CT molecular complexity index is 732. The van der Waals surface area contributed by atoms with Crippen molar-refractivity contribution < 1.29 is 14.8 Å². The molecule has 2 aromatic carbocycles. The summed E-state index contributed by atoms with van der Waals surface area (Å²) in [4.78, 5) is 21.5. The summed E-state index contributed by atoms with van der Waals surface area (Å²) in [5.74, 6) is -1.05. The molecule has 0 aliphatic rings. The van der Waals surface area contributed by atoms with Crippen LogP contribution in [-0.2, 0) is 4.79 Å². The van der Waals surface area contributed by atoms with Crippen LogP contribution in [0.2, 0.25) is 0 Å². The minimum absolute atomic E-state index is 0.0288. The normalized spacial score (nSPS) is 10.4. The van der Waals surface area contributed by atoms with E-state index in [1.807, 2.05) is 30.3 Å². The monoisotopic (exact) mass is 313 g/mol. The number of rotatable bonds is 6. The van der Waals surface area contributed by atoms with Crippen LogP contribution >= 0.6 is 0 Å². The van der Waals surface area contributed by atoms with E-state index in [2.05, 4.69) is 15.8 Å². The Morgan fingerprint density at radius 3 is 2.65 bits per heavy atom. The molecule has 0 saturated carbocycles. The number of nitro groups is 1. The molecule has 0 aromatic heterocycles. The predicted molar refractivity (Wildman–Crippen MR) is 83.2 cm³/mol. The van der Waals surface area contributed by atoms with E-state index in [0.717, 1.165) is 17.8 Å². The fourth-order valence-corrected chi connectivity index (χ4v) is 1.71. The number of nitrogens with zero attached hydrogens (tertiary/aromatic N) is 2. The van der Waals surface area contributed by atoms with E-state index in [4.69, 9.17) is 0 Å². The van der Waals surface area contributed by atoms with Gasteiger partial charge in [0, 0.05) is 17.3 Å². The van der Waals surface area contributed by atoms with Crippen molar-refractivity contribution in [3.63, 3.8) is 0 Å². The first-order valence-corrected chi connectivity index (χ1v) is 6.62. The lowest BCUT2D eigenvalue weighted by atomic mass is 10.2. The number of hydrogen-bond donors (Lipinski definition) is 2. The van der Waals surface area contributed by atoms with E-state index in [0.29, 0.717) is 5.56 Å². The summed E-state index contributed by atoms with van der Waals surface area (Å²) in [7, 11) is 0. The summed E-state index contributed by atoms with van der Waals surface area (Å²) in [6, 6.07) is 12.7. The minimum Gasteiger partial charge on any atom is -0.868 e. The van der Waals surface area contributed by atoms with Gasteiger partial charge in [-0.2, -0.15) is 5.10 Å². The molecule has 0 fully saturated rings. The maximum atomic E-state index is 11.6. The number of anilines is 1. The average Bonchev–Trinajstić information content (AvgIpc) is 2.55. The highest BCUT2D eigenvalue weighted by atomic mass is 16.6. The van der Waals surface area contributed by atoms with Crippen LogP contribution in [0.5, 0.6) is 5.75 Å². The van der Waals surface area contributed by atoms with Gasteiger partial charge in [-0.25, -0.2) is 5.43 Å². The van der Waals surface area contributed by atoms with Gasteiger partial charge in [-0.05, 0) is 17.9 Å². The molecule has 8 nitrogen and oxygen atoms in total. The topological polar surface area (TPSA) is 120 Å². The van der Waals surface area contributed by atoms with E-state index in [1.54, 1.807) is 0 Å². The number of carbonyl (C=O) groups excluding carboxylic acids is 1. The molecule has 0 unspecified atom stereocenters. The minimum atomic E-state index is -0.762. The number of amides is 1. The number of para-hydroxylation sites is 1. The zero-order valence-corrected chi connectivity index (χ0v) is 11.9. The van der Waals surface area contributed by atoms with Crippen LogP contribution in [-0.4, -0.2) is 23.6 Å². The average molecular weight is 313 g/mol. The number of nitrogens with one attached hydrogen (secondary N) is 2. The van der Waals surface area contributed by atoms with Gasteiger partial charge in [0.1, 0.15) is 0 Å². The fraction of sp³-hybridized carbons (Fsp3) is 0.0667. The molecular formula is C15H13N4O4-. The lowest BCUT2D eigenvalue weighted by Gasteiger charge is -2.06. The van der Waals surface area contributed by atoms with E-state index in [-0.39, 0.29) is 12.5 Å². The van der Waals surface area contributed by atoms with Crippen LogP contribution < -0.4 is 15.8 Å². The molecule has 0 radical (unpaired) electrons. The molecule has 118 valence electrons. The molecule has 0 saturated heterocycles. The molecule has 1 amide bonds. The second-order valence-corrected chi connectivity index (χ2v) is 4.50. The van der Waals surface area contributed by atoms with Crippen LogP contribution in [0.15, 0.2) is 53.6 Å². The van der Waals surface area contributed by atoms with Crippen LogP contribution in [0.4, 0.5) is 11.4 Å². The molecule has 2 N–H and O–H groups in total. The zero-order valence-electron chi connectivity index (χ0n) is 11.9. The van der Waals surface area contributed by atoms with E-state index < -0.39 is 16.4 Å². The molecule has 0 bridgehead atoms. The summed E-state index contributed by atoms with van der Waals surface area (Å²) >= 11 is 0. The highest BCUT2D eigenvalue weighted by Crippen LogP contribution is 2.22. The standard InChI is InChI=1S/C15H14N4O4/c20-14-7-6-11(8-13(14)19(22)23)9-17-18-15(21)10-16-12-4-2-1-3-5-12/h1-9,16,20H,10H2,(H,18,21)/p-1/b17-9-. The Morgan fingerprint density at radius 2 is 1.96 bits per heavy atom. The summed E-state index contributed by atoms with van der Waals surface area (Å²) in [6.07, 6.45) is 1.23. The smallest absolute Gasteiger partial charge is 0.262 e. The third-order valence-electron chi connectivity index (χ3n) is 2.81. The van der Waals surface area contributed by atoms with Crippen molar-refractivity contribution in [3.05, 3.63) is 64.2 Å². The third-order valence-corrected chi connectivity index (χ3v) is 2.81. The van der Waals surface area contributed by atoms with Gasteiger partial charge in [-0.3, -0.25) is 14.9 Å². The van der Waals surface area contributed by atoms with Crippen molar-refractivity contribution >= 4 is 23.5 Å². The largest absolute Gasteiger partial charge is 0.868 e. The van der Waals surface area contributed by atoms with Gasteiger partial charge in [0.2, 0.25) is 0 Å². The number of hydrazone groups is 1. The highest BCUT2D eigenvalue weighted by Gasteiger charge is 2.07. The van der Waals surface area contributed by atoms with Crippen molar-refractivity contribution in [3.8, 4) is 5.75 Å². The SMILES string of the molecule is O=C(CNc1ccccc1)N/N=C\c1ccc([O-])c([N+](=O)[O-])c1. The molecule has 0 aliphatic carbocycles.